The van der Waals surface area contributed by atoms with Gasteiger partial charge in [-0.15, -0.1) is 0 Å². The Morgan fingerprint density at radius 2 is 1.79 bits per heavy atom. The van der Waals surface area contributed by atoms with E-state index in [1.165, 1.54) is 17.7 Å². The molecule has 1 N–H and O–H groups in total. The van der Waals surface area contributed by atoms with Gasteiger partial charge in [0.15, 0.2) is 0 Å². The van der Waals surface area contributed by atoms with Crippen LogP contribution in [0.25, 0.3) is 0 Å². The standard InChI is InChI=1S/C23H29FN2O2/c1-17-3-9-22(10-4-17)28-16-18(2)25-23(27)20-11-13-26(14-12-20)15-19-5-7-21(24)8-6-19/h3-10,18,20H,11-16H2,1-2H3,(H,25,27)/t18-/m1/s1. The minimum absolute atomic E-state index is 0.0361. The van der Waals surface area contributed by atoms with E-state index in [1.54, 1.807) is 0 Å². The number of carbonyl (C=O) groups excluding carboxylic acids is 1. The summed E-state index contributed by atoms with van der Waals surface area (Å²) in [6.45, 7) is 7.02. The third-order valence-electron chi connectivity index (χ3n) is 5.19. The molecule has 1 saturated heterocycles. The van der Waals surface area contributed by atoms with Crippen LogP contribution in [0, 0.1) is 18.7 Å². The molecule has 2 aromatic rings. The van der Waals surface area contributed by atoms with Gasteiger partial charge in [-0.3, -0.25) is 9.69 Å². The molecule has 3 rings (SSSR count). The summed E-state index contributed by atoms with van der Waals surface area (Å²) in [5, 5.41) is 3.08. The molecule has 1 fully saturated rings. The second-order valence-corrected chi connectivity index (χ2v) is 7.71. The van der Waals surface area contributed by atoms with E-state index in [0.29, 0.717) is 6.61 Å². The minimum Gasteiger partial charge on any atom is -0.491 e. The van der Waals surface area contributed by atoms with Crippen LogP contribution in [0.4, 0.5) is 4.39 Å². The molecule has 0 unspecified atom stereocenters. The molecular weight excluding hydrogens is 355 g/mol. The van der Waals surface area contributed by atoms with Gasteiger partial charge in [0, 0.05) is 12.5 Å². The zero-order valence-corrected chi connectivity index (χ0v) is 16.7. The molecule has 1 amide bonds. The van der Waals surface area contributed by atoms with Gasteiger partial charge in [-0.25, -0.2) is 4.39 Å². The average molecular weight is 384 g/mol. The van der Waals surface area contributed by atoms with Gasteiger partial charge in [-0.2, -0.15) is 0 Å². The maximum Gasteiger partial charge on any atom is 0.223 e. The van der Waals surface area contributed by atoms with Gasteiger partial charge in [0.2, 0.25) is 5.91 Å². The number of likely N-dealkylation sites (tertiary alicyclic amines) is 1. The van der Waals surface area contributed by atoms with Crippen molar-refractivity contribution in [2.75, 3.05) is 19.7 Å². The Morgan fingerprint density at radius 3 is 2.43 bits per heavy atom. The van der Waals surface area contributed by atoms with Gasteiger partial charge >= 0.3 is 0 Å². The Hall–Kier alpha value is -2.40. The van der Waals surface area contributed by atoms with Gasteiger partial charge in [0.25, 0.3) is 0 Å². The predicted octanol–water partition coefficient (Wildman–Crippen LogP) is 3.93. The van der Waals surface area contributed by atoms with Crippen molar-refractivity contribution in [3.63, 3.8) is 0 Å². The highest BCUT2D eigenvalue weighted by Crippen LogP contribution is 2.20. The van der Waals surface area contributed by atoms with Crippen molar-refractivity contribution >= 4 is 5.91 Å². The molecule has 0 saturated carbocycles. The molecular formula is C23H29FN2O2. The van der Waals surface area contributed by atoms with Gasteiger partial charge in [0.1, 0.15) is 18.2 Å². The van der Waals surface area contributed by atoms with Crippen LogP contribution < -0.4 is 10.1 Å². The first-order chi connectivity index (χ1) is 13.5. The number of amides is 1. The zero-order valence-electron chi connectivity index (χ0n) is 16.7. The molecule has 0 spiro atoms. The minimum atomic E-state index is -0.209. The number of nitrogens with zero attached hydrogens (tertiary/aromatic N) is 1. The molecule has 1 aliphatic heterocycles. The number of benzene rings is 2. The smallest absolute Gasteiger partial charge is 0.223 e. The summed E-state index contributed by atoms with van der Waals surface area (Å²) in [6, 6.07) is 14.5. The first-order valence-corrected chi connectivity index (χ1v) is 9.96. The van der Waals surface area contributed by atoms with E-state index in [1.807, 2.05) is 50.2 Å². The normalized spacial score (nSPS) is 16.5. The van der Waals surface area contributed by atoms with Crippen molar-refractivity contribution in [2.45, 2.75) is 39.3 Å². The number of carbonyl (C=O) groups is 1. The summed E-state index contributed by atoms with van der Waals surface area (Å²) >= 11 is 0. The van der Waals surface area contributed by atoms with Crippen molar-refractivity contribution < 1.29 is 13.9 Å². The molecule has 2 aromatic carbocycles. The van der Waals surface area contributed by atoms with E-state index >= 15 is 0 Å². The van der Waals surface area contributed by atoms with E-state index in [-0.39, 0.29) is 23.7 Å². The fourth-order valence-electron chi connectivity index (χ4n) is 3.46. The van der Waals surface area contributed by atoms with Crippen molar-refractivity contribution in [3.05, 3.63) is 65.5 Å². The lowest BCUT2D eigenvalue weighted by Gasteiger charge is -2.31. The molecule has 0 radical (unpaired) electrons. The third kappa shape index (κ3) is 6.06. The van der Waals surface area contributed by atoms with Crippen molar-refractivity contribution in [1.29, 1.82) is 0 Å². The number of piperidine rings is 1. The summed E-state index contributed by atoms with van der Waals surface area (Å²) < 4.78 is 18.8. The zero-order chi connectivity index (χ0) is 19.9. The fourth-order valence-corrected chi connectivity index (χ4v) is 3.46. The van der Waals surface area contributed by atoms with E-state index in [2.05, 4.69) is 10.2 Å². The van der Waals surface area contributed by atoms with E-state index in [0.717, 1.165) is 43.8 Å². The van der Waals surface area contributed by atoms with Crippen LogP contribution in [-0.4, -0.2) is 36.5 Å². The van der Waals surface area contributed by atoms with Crippen LogP contribution in [0.1, 0.15) is 30.9 Å². The predicted molar refractivity (Wildman–Crippen MR) is 109 cm³/mol. The summed E-state index contributed by atoms with van der Waals surface area (Å²) in [6.07, 6.45) is 1.69. The van der Waals surface area contributed by atoms with Crippen molar-refractivity contribution in [3.8, 4) is 5.75 Å². The Balaban J connectivity index is 1.38. The third-order valence-corrected chi connectivity index (χ3v) is 5.19. The molecule has 150 valence electrons. The van der Waals surface area contributed by atoms with Crippen molar-refractivity contribution in [2.24, 2.45) is 5.92 Å². The Morgan fingerprint density at radius 1 is 1.14 bits per heavy atom. The number of halogens is 1. The first kappa shape index (κ1) is 20.3. The maximum absolute atomic E-state index is 13.0. The Kier molecular flexibility index (Phi) is 7.04. The summed E-state index contributed by atoms with van der Waals surface area (Å²) in [4.78, 5) is 14.9. The topological polar surface area (TPSA) is 41.6 Å². The SMILES string of the molecule is Cc1ccc(OC[C@@H](C)NC(=O)C2CCN(Cc3ccc(F)cc3)CC2)cc1. The molecule has 0 bridgehead atoms. The summed E-state index contributed by atoms with van der Waals surface area (Å²) in [5.74, 6) is 0.771. The summed E-state index contributed by atoms with van der Waals surface area (Å²) in [5.41, 5.74) is 2.30. The van der Waals surface area contributed by atoms with Crippen LogP contribution >= 0.6 is 0 Å². The lowest BCUT2D eigenvalue weighted by Crippen LogP contribution is -2.44. The largest absolute Gasteiger partial charge is 0.491 e. The lowest BCUT2D eigenvalue weighted by atomic mass is 9.95. The summed E-state index contributed by atoms with van der Waals surface area (Å²) in [7, 11) is 0. The van der Waals surface area contributed by atoms with Crippen LogP contribution in [0.5, 0.6) is 5.75 Å². The highest BCUT2D eigenvalue weighted by Gasteiger charge is 2.25. The monoisotopic (exact) mass is 384 g/mol. The highest BCUT2D eigenvalue weighted by molar-refractivity contribution is 5.79. The highest BCUT2D eigenvalue weighted by atomic mass is 19.1. The van der Waals surface area contributed by atoms with Gasteiger partial charge in [0.05, 0.1) is 6.04 Å². The number of rotatable bonds is 7. The molecule has 28 heavy (non-hydrogen) atoms. The fraction of sp³-hybridized carbons (Fsp3) is 0.435. The molecule has 4 nitrogen and oxygen atoms in total. The molecule has 1 aliphatic rings. The number of hydrogen-bond acceptors (Lipinski definition) is 3. The first-order valence-electron chi connectivity index (χ1n) is 9.96. The number of ether oxygens (including phenoxy) is 1. The quantitative estimate of drug-likeness (QED) is 0.786. The van der Waals surface area contributed by atoms with Gasteiger partial charge in [-0.1, -0.05) is 29.8 Å². The number of hydrogen-bond donors (Lipinski definition) is 1. The van der Waals surface area contributed by atoms with E-state index in [9.17, 15) is 9.18 Å². The maximum atomic E-state index is 13.0. The number of nitrogens with one attached hydrogen (secondary N) is 1. The number of aryl methyl sites for hydroxylation is 1. The van der Waals surface area contributed by atoms with E-state index < -0.39 is 0 Å². The van der Waals surface area contributed by atoms with Crippen LogP contribution in [0.2, 0.25) is 0 Å². The Bertz CT molecular complexity index is 753. The second-order valence-electron chi connectivity index (χ2n) is 7.71. The van der Waals surface area contributed by atoms with E-state index in [4.69, 9.17) is 4.74 Å². The Labute approximate surface area is 166 Å². The molecule has 0 aliphatic carbocycles. The van der Waals surface area contributed by atoms with Crippen molar-refractivity contribution in [1.82, 2.24) is 10.2 Å². The lowest BCUT2D eigenvalue weighted by molar-refractivity contribution is -0.127. The average Bonchev–Trinajstić information content (AvgIpc) is 2.70. The molecule has 0 aromatic heterocycles. The second kappa shape index (κ2) is 9.69. The van der Waals surface area contributed by atoms with Gasteiger partial charge in [-0.05, 0) is 69.6 Å². The van der Waals surface area contributed by atoms with Gasteiger partial charge < -0.3 is 10.1 Å². The van der Waals surface area contributed by atoms with Crippen LogP contribution in [0.15, 0.2) is 48.5 Å². The molecule has 5 heteroatoms. The molecule has 1 atom stereocenters. The van der Waals surface area contributed by atoms with Crippen LogP contribution in [0.3, 0.4) is 0 Å². The molecule has 1 heterocycles. The van der Waals surface area contributed by atoms with Crippen LogP contribution in [-0.2, 0) is 11.3 Å².